The summed E-state index contributed by atoms with van der Waals surface area (Å²) in [4.78, 5) is 4.20. The Morgan fingerprint density at radius 2 is 0.984 bits per heavy atom. The van der Waals surface area contributed by atoms with Crippen LogP contribution in [-0.2, 0) is 13.1 Å². The topological polar surface area (TPSA) is 93.7 Å². The molecule has 0 spiro atoms. The highest BCUT2D eigenvalue weighted by molar-refractivity contribution is 6.39. The van der Waals surface area contributed by atoms with Crippen molar-refractivity contribution < 1.29 is 13.2 Å². The zero-order valence-electron chi connectivity index (χ0n) is 34.0. The number of aryl methyl sites for hydroxylation is 1. The van der Waals surface area contributed by atoms with Crippen molar-refractivity contribution in [2.24, 2.45) is 0 Å². The Morgan fingerprint density at radius 1 is 0.540 bits per heavy atom. The maximum Gasteiger partial charge on any atom is 0.182 e. The SMILES string of the molecule is C.Cc1cccc(-c2nn(CCN3CC[C@@H](F)C3)c3nnc(-c4ccccc4)c(Cl)c23)c1.Fc1ccc(-c2nn(CCN3CC[C@@H](F)C3)c3nnc(-c4ccccc4)c(Cl)c23)cc1. The molecule has 2 fully saturated rings. The summed E-state index contributed by atoms with van der Waals surface area (Å²) in [5.41, 5.74) is 8.47. The third-order valence-corrected chi connectivity index (χ3v) is 12.1. The number of rotatable bonds is 10. The van der Waals surface area contributed by atoms with Gasteiger partial charge in [-0.2, -0.15) is 10.2 Å². The van der Waals surface area contributed by atoms with Crippen LogP contribution in [0.4, 0.5) is 13.2 Å². The molecule has 10 rings (SSSR count). The molecule has 2 atom stereocenters. The first kappa shape index (κ1) is 43.9. The largest absolute Gasteiger partial charge is 0.299 e. The summed E-state index contributed by atoms with van der Waals surface area (Å²) in [7, 11) is 0. The van der Waals surface area contributed by atoms with Crippen LogP contribution in [0.25, 0.3) is 67.1 Å². The zero-order valence-corrected chi connectivity index (χ0v) is 35.5. The Balaban J connectivity index is 0.000000170. The van der Waals surface area contributed by atoms with Crippen LogP contribution in [0.1, 0.15) is 25.8 Å². The molecule has 0 saturated carbocycles. The number of halogens is 5. The van der Waals surface area contributed by atoms with E-state index in [1.165, 1.54) is 12.1 Å². The summed E-state index contributed by atoms with van der Waals surface area (Å²) in [5.74, 6) is -0.321. The molecule has 2 aliphatic heterocycles. The molecule has 0 amide bonds. The molecule has 10 nitrogen and oxygen atoms in total. The van der Waals surface area contributed by atoms with Crippen molar-refractivity contribution in [2.45, 2.75) is 52.6 Å². The molecule has 2 aliphatic rings. The number of benzene rings is 4. The lowest BCUT2D eigenvalue weighted by Gasteiger charge is -2.14. The van der Waals surface area contributed by atoms with E-state index in [1.807, 2.05) is 77.5 Å². The van der Waals surface area contributed by atoms with Gasteiger partial charge in [-0.1, -0.05) is 115 Å². The molecule has 2 saturated heterocycles. The second-order valence-corrected chi connectivity index (χ2v) is 16.5. The highest BCUT2D eigenvalue weighted by Gasteiger charge is 2.26. The number of aromatic nitrogens is 8. The molecule has 324 valence electrons. The monoisotopic (exact) mass is 890 g/mol. The summed E-state index contributed by atoms with van der Waals surface area (Å²) in [6.07, 6.45) is -0.348. The third kappa shape index (κ3) is 9.47. The van der Waals surface area contributed by atoms with E-state index < -0.39 is 12.3 Å². The summed E-state index contributed by atoms with van der Waals surface area (Å²) in [6, 6.07) is 33.7. The molecule has 0 radical (unpaired) electrons. The van der Waals surface area contributed by atoms with Crippen LogP contribution in [0, 0.1) is 12.7 Å². The number of fused-ring (bicyclic) bond motifs is 2. The highest BCUT2D eigenvalue weighted by atomic mass is 35.5. The average Bonchev–Trinajstić information content (AvgIpc) is 4.09. The summed E-state index contributed by atoms with van der Waals surface area (Å²) in [5, 5.41) is 29.9. The molecule has 15 heteroatoms. The van der Waals surface area contributed by atoms with Crippen LogP contribution in [-0.4, -0.2) is 101 Å². The molecule has 0 N–H and O–H groups in total. The fourth-order valence-electron chi connectivity index (χ4n) is 8.16. The first-order chi connectivity index (χ1) is 30.2. The van der Waals surface area contributed by atoms with Crippen molar-refractivity contribution in [3.05, 3.63) is 131 Å². The van der Waals surface area contributed by atoms with Crippen molar-refractivity contribution in [1.29, 1.82) is 0 Å². The molecule has 8 aromatic rings. The minimum atomic E-state index is -0.771. The minimum absolute atomic E-state index is 0. The predicted molar refractivity (Wildman–Crippen MR) is 246 cm³/mol. The van der Waals surface area contributed by atoms with Crippen molar-refractivity contribution >= 4 is 45.3 Å². The van der Waals surface area contributed by atoms with Gasteiger partial charge in [-0.05, 0) is 50.1 Å². The van der Waals surface area contributed by atoms with Gasteiger partial charge >= 0.3 is 0 Å². The van der Waals surface area contributed by atoms with E-state index >= 15 is 0 Å². The zero-order chi connectivity index (χ0) is 42.7. The molecule has 0 unspecified atom stereocenters. The lowest BCUT2D eigenvalue weighted by atomic mass is 10.1. The van der Waals surface area contributed by atoms with Gasteiger partial charge in [0.15, 0.2) is 11.3 Å². The fourth-order valence-corrected chi connectivity index (χ4v) is 8.80. The van der Waals surface area contributed by atoms with Crippen LogP contribution >= 0.6 is 23.2 Å². The normalized spacial score (nSPS) is 16.7. The lowest BCUT2D eigenvalue weighted by Crippen LogP contribution is -2.26. The van der Waals surface area contributed by atoms with Gasteiger partial charge in [0.1, 0.15) is 40.9 Å². The van der Waals surface area contributed by atoms with E-state index in [4.69, 9.17) is 33.4 Å². The van der Waals surface area contributed by atoms with E-state index in [0.717, 1.165) is 52.0 Å². The molecule has 63 heavy (non-hydrogen) atoms. The molecule has 6 heterocycles. The summed E-state index contributed by atoms with van der Waals surface area (Å²) >= 11 is 13.7. The Bertz CT molecular complexity index is 2820. The van der Waals surface area contributed by atoms with Gasteiger partial charge in [-0.3, -0.25) is 9.80 Å². The quantitative estimate of drug-likeness (QED) is 0.134. The number of hydrogen-bond donors (Lipinski definition) is 0. The van der Waals surface area contributed by atoms with E-state index in [1.54, 1.807) is 16.8 Å². The van der Waals surface area contributed by atoms with Gasteiger partial charge in [-0.25, -0.2) is 22.5 Å². The smallest absolute Gasteiger partial charge is 0.182 e. The maximum atomic E-state index is 13.6. The van der Waals surface area contributed by atoms with Gasteiger partial charge in [0.05, 0.1) is 33.9 Å². The Morgan fingerprint density at radius 3 is 1.43 bits per heavy atom. The Kier molecular flexibility index (Phi) is 13.5. The summed E-state index contributed by atoms with van der Waals surface area (Å²) < 4.78 is 44.2. The van der Waals surface area contributed by atoms with Gasteiger partial charge in [0.2, 0.25) is 0 Å². The second-order valence-electron chi connectivity index (χ2n) is 15.7. The van der Waals surface area contributed by atoms with Crippen LogP contribution < -0.4 is 0 Å². The lowest BCUT2D eigenvalue weighted by molar-refractivity contribution is 0.277. The van der Waals surface area contributed by atoms with Crippen LogP contribution in [0.2, 0.25) is 10.0 Å². The van der Waals surface area contributed by atoms with Crippen LogP contribution in [0.15, 0.2) is 109 Å². The molecule has 4 aromatic carbocycles. The fraction of sp³-hybridized carbons (Fsp3) is 0.292. The highest BCUT2D eigenvalue weighted by Crippen LogP contribution is 2.39. The molecular weight excluding hydrogens is 844 g/mol. The number of alkyl halides is 2. The average molecular weight is 892 g/mol. The van der Waals surface area contributed by atoms with Gasteiger partial charge in [0, 0.05) is 61.5 Å². The van der Waals surface area contributed by atoms with E-state index in [-0.39, 0.29) is 13.2 Å². The van der Waals surface area contributed by atoms with Gasteiger partial charge < -0.3 is 0 Å². The van der Waals surface area contributed by atoms with Crippen molar-refractivity contribution in [2.75, 3.05) is 39.3 Å². The van der Waals surface area contributed by atoms with Crippen LogP contribution in [0.5, 0.6) is 0 Å². The van der Waals surface area contributed by atoms with Crippen molar-refractivity contribution in [3.63, 3.8) is 0 Å². The standard InChI is InChI=1S/C24H23ClFN5.C23H20ClF2N5.CH4/c1-16-6-5-9-18(14-16)22-20-21(25)23(17-7-3-2-4-8-17)27-28-24(20)31(29-22)13-12-30-11-10-19(26)15-30;24-20-19-21(16-6-8-17(25)9-7-16)29-31(13-12-30-11-10-18(26)14-30)23(19)28-27-22(20)15-4-2-1-3-5-15;/h2-9,14,19H,10-13,15H2,1H3;1-9,18H,10-14H2;1H4/t19-;18-;/m11./s1. The third-order valence-electron chi connectivity index (χ3n) is 11.4. The van der Waals surface area contributed by atoms with Crippen molar-refractivity contribution in [3.8, 4) is 45.0 Å². The molecule has 0 aliphatic carbocycles. The molecular formula is C48H47Cl2F3N10. The number of nitrogens with zero attached hydrogens (tertiary/aromatic N) is 10. The maximum absolute atomic E-state index is 13.6. The van der Waals surface area contributed by atoms with Crippen molar-refractivity contribution in [1.82, 2.24) is 49.8 Å². The molecule has 0 bridgehead atoms. The first-order valence-corrected chi connectivity index (χ1v) is 21.5. The number of likely N-dealkylation sites (tertiary alicyclic amines) is 2. The number of hydrogen-bond acceptors (Lipinski definition) is 8. The minimum Gasteiger partial charge on any atom is -0.299 e. The van der Waals surface area contributed by atoms with E-state index in [0.29, 0.717) is 95.9 Å². The van der Waals surface area contributed by atoms with Gasteiger partial charge in [0.25, 0.3) is 0 Å². The Labute approximate surface area is 374 Å². The van der Waals surface area contributed by atoms with Gasteiger partial charge in [-0.15, -0.1) is 20.4 Å². The predicted octanol–water partition coefficient (Wildman–Crippen LogP) is 10.8. The van der Waals surface area contributed by atoms with Crippen LogP contribution in [0.3, 0.4) is 0 Å². The first-order valence-electron chi connectivity index (χ1n) is 20.7. The summed E-state index contributed by atoms with van der Waals surface area (Å²) in [6.45, 7) is 6.98. The van der Waals surface area contributed by atoms with E-state index in [9.17, 15) is 13.2 Å². The second kappa shape index (κ2) is 19.3. The molecule has 4 aromatic heterocycles. The Hall–Kier alpha value is -5.73. The van der Waals surface area contributed by atoms with E-state index in [2.05, 4.69) is 49.3 Å².